The van der Waals surface area contributed by atoms with Crippen LogP contribution in [-0.4, -0.2) is 72.4 Å². The van der Waals surface area contributed by atoms with Crippen LogP contribution in [0.2, 0.25) is 0 Å². The largest absolute Gasteiger partial charge is 0.444 e. The van der Waals surface area contributed by atoms with E-state index in [0.717, 1.165) is 5.39 Å². The van der Waals surface area contributed by atoms with Gasteiger partial charge in [0.2, 0.25) is 15.9 Å². The average molecular weight is 541 g/mol. The van der Waals surface area contributed by atoms with Crippen molar-refractivity contribution in [3.05, 3.63) is 35.1 Å². The number of aromatic nitrogens is 1. The number of carbonyl (C=O) groups is 2. The maximum atomic E-state index is 13.6. The average Bonchev–Trinajstić information content (AvgIpc) is 2.92. The van der Waals surface area contributed by atoms with Crippen LogP contribution >= 0.6 is 15.9 Å². The van der Waals surface area contributed by atoms with Gasteiger partial charge in [-0.2, -0.15) is 4.31 Å². The van der Waals surface area contributed by atoms with Crippen molar-refractivity contribution in [1.29, 1.82) is 0 Å². The Bertz CT molecular complexity index is 1140. The van der Waals surface area contributed by atoms with Gasteiger partial charge in [0.25, 0.3) is 0 Å². The zero-order valence-electron chi connectivity index (χ0n) is 19.2. The monoisotopic (exact) mass is 540 g/mol. The molecule has 0 spiro atoms. The number of hydrogen-bond acceptors (Lipinski definition) is 6. The fourth-order valence-electron chi connectivity index (χ4n) is 3.80. The summed E-state index contributed by atoms with van der Waals surface area (Å²) >= 11 is 3.43. The molecule has 0 unspecified atom stereocenters. The van der Waals surface area contributed by atoms with E-state index in [1.54, 1.807) is 57.1 Å². The number of rotatable bonds is 4. The van der Waals surface area contributed by atoms with E-state index in [9.17, 15) is 18.0 Å². The molecule has 11 heteroatoms. The molecule has 180 valence electrons. The van der Waals surface area contributed by atoms with Crippen LogP contribution in [0.3, 0.4) is 0 Å². The second kappa shape index (κ2) is 9.94. The van der Waals surface area contributed by atoms with E-state index in [1.807, 2.05) is 6.07 Å². The summed E-state index contributed by atoms with van der Waals surface area (Å²) in [7, 11) is -3.83. The lowest BCUT2D eigenvalue weighted by Crippen LogP contribution is -2.46. The van der Waals surface area contributed by atoms with Crippen LogP contribution in [0.25, 0.3) is 10.8 Å². The van der Waals surface area contributed by atoms with Crippen LogP contribution in [0.5, 0.6) is 0 Å². The number of alkyl carbamates (subject to hydrolysis) is 1. The number of amides is 2. The van der Waals surface area contributed by atoms with Gasteiger partial charge in [0.1, 0.15) is 12.1 Å². The van der Waals surface area contributed by atoms with Gasteiger partial charge in [-0.3, -0.25) is 9.78 Å². The molecule has 1 saturated heterocycles. The minimum absolute atomic E-state index is 0.201. The molecular formula is C22H29BrN4O5S. The lowest BCUT2D eigenvalue weighted by atomic mass is 10.2. The van der Waals surface area contributed by atoms with E-state index in [-0.39, 0.29) is 30.4 Å². The maximum absolute atomic E-state index is 13.6. The fourth-order valence-corrected chi connectivity index (χ4v) is 6.39. The number of ether oxygens (including phenoxy) is 1. The first-order valence-electron chi connectivity index (χ1n) is 10.7. The molecular weight excluding hydrogens is 512 g/mol. The third-order valence-electron chi connectivity index (χ3n) is 5.20. The molecule has 2 heterocycles. The molecule has 1 atom stereocenters. The highest BCUT2D eigenvalue weighted by Crippen LogP contribution is 2.32. The Morgan fingerprint density at radius 3 is 2.67 bits per heavy atom. The first-order valence-corrected chi connectivity index (χ1v) is 12.9. The third kappa shape index (κ3) is 6.01. The topological polar surface area (TPSA) is 109 Å². The van der Waals surface area contributed by atoms with Crippen molar-refractivity contribution in [2.24, 2.45) is 0 Å². The van der Waals surface area contributed by atoms with E-state index in [1.165, 1.54) is 4.31 Å². The highest BCUT2D eigenvalue weighted by molar-refractivity contribution is 9.10. The van der Waals surface area contributed by atoms with E-state index >= 15 is 0 Å². The number of fused-ring (bicyclic) bond motifs is 1. The van der Waals surface area contributed by atoms with Crippen molar-refractivity contribution >= 4 is 48.7 Å². The van der Waals surface area contributed by atoms with Crippen molar-refractivity contribution < 1.29 is 22.7 Å². The van der Waals surface area contributed by atoms with E-state index in [4.69, 9.17) is 4.74 Å². The number of nitrogens with one attached hydrogen (secondary N) is 1. The Balaban J connectivity index is 1.75. The van der Waals surface area contributed by atoms with E-state index in [0.29, 0.717) is 22.8 Å². The van der Waals surface area contributed by atoms with Crippen LogP contribution < -0.4 is 5.32 Å². The van der Waals surface area contributed by atoms with Crippen LogP contribution in [0.15, 0.2) is 40.0 Å². The molecule has 0 aliphatic carbocycles. The summed E-state index contributed by atoms with van der Waals surface area (Å²) in [6.45, 7) is 7.70. The van der Waals surface area contributed by atoms with E-state index < -0.39 is 27.8 Å². The van der Waals surface area contributed by atoms with Gasteiger partial charge in [-0.15, -0.1) is 0 Å². The molecule has 0 bridgehead atoms. The van der Waals surface area contributed by atoms with Gasteiger partial charge in [-0.25, -0.2) is 13.2 Å². The van der Waals surface area contributed by atoms with Gasteiger partial charge in [-0.1, -0.05) is 12.1 Å². The predicted octanol–water partition coefficient (Wildman–Crippen LogP) is 3.13. The van der Waals surface area contributed by atoms with Gasteiger partial charge in [0, 0.05) is 53.3 Å². The number of pyridine rings is 1. The Kier molecular flexibility index (Phi) is 7.65. The molecule has 9 nitrogen and oxygen atoms in total. The van der Waals surface area contributed by atoms with Gasteiger partial charge in [0.15, 0.2) is 0 Å². The third-order valence-corrected chi connectivity index (χ3v) is 7.86. The summed E-state index contributed by atoms with van der Waals surface area (Å²) in [6.07, 6.45) is 3.02. The zero-order chi connectivity index (χ0) is 24.4. The van der Waals surface area contributed by atoms with Gasteiger partial charge in [0.05, 0.1) is 4.90 Å². The molecule has 3 rings (SSSR count). The van der Waals surface area contributed by atoms with Crippen LogP contribution in [0.1, 0.15) is 34.1 Å². The molecule has 2 aromatic rings. The highest BCUT2D eigenvalue weighted by Gasteiger charge is 2.34. The zero-order valence-corrected chi connectivity index (χ0v) is 21.6. The molecule has 1 aromatic heterocycles. The number of benzene rings is 1. The molecule has 2 amide bonds. The summed E-state index contributed by atoms with van der Waals surface area (Å²) in [6, 6.07) is 4.66. The molecule has 1 N–H and O–H groups in total. The Labute approximate surface area is 202 Å². The first-order chi connectivity index (χ1) is 15.4. The minimum Gasteiger partial charge on any atom is -0.444 e. The summed E-state index contributed by atoms with van der Waals surface area (Å²) in [4.78, 5) is 30.4. The van der Waals surface area contributed by atoms with Crippen molar-refractivity contribution in [3.8, 4) is 0 Å². The van der Waals surface area contributed by atoms with Crippen molar-refractivity contribution in [1.82, 2.24) is 19.5 Å². The van der Waals surface area contributed by atoms with Crippen molar-refractivity contribution in [2.45, 2.75) is 50.7 Å². The molecule has 0 radical (unpaired) electrons. The fraction of sp³-hybridized carbons (Fsp3) is 0.500. The second-order valence-electron chi connectivity index (χ2n) is 8.99. The van der Waals surface area contributed by atoms with Gasteiger partial charge < -0.3 is 15.0 Å². The molecule has 1 aliphatic rings. The van der Waals surface area contributed by atoms with Gasteiger partial charge >= 0.3 is 6.09 Å². The Hall–Kier alpha value is -2.24. The molecule has 1 aromatic carbocycles. The summed E-state index contributed by atoms with van der Waals surface area (Å²) in [5.41, 5.74) is -0.661. The summed E-state index contributed by atoms with van der Waals surface area (Å²) in [5.74, 6) is -0.286. The number of sulfonamides is 1. The highest BCUT2D eigenvalue weighted by atomic mass is 79.9. The van der Waals surface area contributed by atoms with Gasteiger partial charge in [-0.05, 0) is 56.1 Å². The quantitative estimate of drug-likeness (QED) is 0.637. The standard InChI is InChI=1S/C22H29BrN4O5S/c1-15-14-26(19(28)13-25-21(29)32-22(2,3)4)9-6-10-27(15)33(30,31)18-8-5-7-16-11-24-12-17(23)20(16)18/h5,7-8,11-12,15H,6,9-10,13-14H2,1-4H3,(H,25,29)/t15-/m0/s1. The van der Waals surface area contributed by atoms with E-state index in [2.05, 4.69) is 26.2 Å². The SMILES string of the molecule is C[C@H]1CN(C(=O)CNC(=O)OC(C)(C)C)CCCN1S(=O)(=O)c1cccc2cncc(Br)c12. The van der Waals surface area contributed by atoms with Crippen molar-refractivity contribution in [3.63, 3.8) is 0 Å². The molecule has 0 saturated carbocycles. The smallest absolute Gasteiger partial charge is 0.408 e. The molecule has 1 aliphatic heterocycles. The lowest BCUT2D eigenvalue weighted by molar-refractivity contribution is -0.130. The Morgan fingerprint density at radius 2 is 1.97 bits per heavy atom. The van der Waals surface area contributed by atoms with Crippen LogP contribution in [0, 0.1) is 0 Å². The Morgan fingerprint density at radius 1 is 1.24 bits per heavy atom. The maximum Gasteiger partial charge on any atom is 0.408 e. The summed E-state index contributed by atoms with van der Waals surface area (Å²) in [5, 5.41) is 3.77. The first kappa shape index (κ1) is 25.4. The number of hydrogen-bond donors (Lipinski definition) is 1. The predicted molar refractivity (Wildman–Crippen MR) is 128 cm³/mol. The lowest BCUT2D eigenvalue weighted by Gasteiger charge is -2.29. The normalized spacial score (nSPS) is 18.1. The van der Waals surface area contributed by atoms with Crippen molar-refractivity contribution in [2.75, 3.05) is 26.2 Å². The number of halogens is 1. The number of carbonyl (C=O) groups excluding carboxylic acids is 2. The van der Waals surface area contributed by atoms with Crippen LogP contribution in [-0.2, 0) is 19.6 Å². The molecule has 33 heavy (non-hydrogen) atoms. The molecule has 1 fully saturated rings. The summed E-state index contributed by atoms with van der Waals surface area (Å²) < 4.78 is 34.5. The second-order valence-corrected chi connectivity index (χ2v) is 11.7. The van der Waals surface area contributed by atoms with Crippen LogP contribution in [0.4, 0.5) is 4.79 Å². The minimum atomic E-state index is -3.83. The number of nitrogens with zero attached hydrogens (tertiary/aromatic N) is 3.